The van der Waals surface area contributed by atoms with Crippen LogP contribution in [0.3, 0.4) is 0 Å². The minimum Gasteiger partial charge on any atom is -0.497 e. The average molecular weight is 561 g/mol. The van der Waals surface area contributed by atoms with Crippen LogP contribution in [0.1, 0.15) is 34.8 Å². The monoisotopic (exact) mass is 560 g/mol. The van der Waals surface area contributed by atoms with Gasteiger partial charge in [-0.2, -0.15) is 0 Å². The van der Waals surface area contributed by atoms with Gasteiger partial charge in [-0.15, -0.1) is 0 Å². The van der Waals surface area contributed by atoms with Crippen LogP contribution in [0.4, 0.5) is 11.4 Å². The first kappa shape index (κ1) is 28.0. The number of amides is 2. The van der Waals surface area contributed by atoms with Gasteiger partial charge in [-0.05, 0) is 67.5 Å². The van der Waals surface area contributed by atoms with E-state index in [1.807, 2.05) is 62.5 Å². The Morgan fingerprint density at radius 2 is 1.80 bits per heavy atom. The number of nitrogens with one attached hydrogen (secondary N) is 1. The molecule has 2 heterocycles. The van der Waals surface area contributed by atoms with E-state index < -0.39 is 20.0 Å². The van der Waals surface area contributed by atoms with Gasteiger partial charge in [0.05, 0.1) is 25.4 Å². The van der Waals surface area contributed by atoms with Crippen molar-refractivity contribution in [3.8, 4) is 5.75 Å². The van der Waals surface area contributed by atoms with Gasteiger partial charge in [0, 0.05) is 34.9 Å². The van der Waals surface area contributed by atoms with Gasteiger partial charge in [0.15, 0.2) is 13.9 Å². The maximum Gasteiger partial charge on any atom is 0.264 e. The van der Waals surface area contributed by atoms with E-state index >= 15 is 0 Å². The molecule has 0 saturated carbocycles. The maximum absolute atomic E-state index is 14.4. The zero-order chi connectivity index (χ0) is 28.7. The molecule has 1 spiro atoms. The van der Waals surface area contributed by atoms with Gasteiger partial charge < -0.3 is 29.6 Å². The Hall–Kier alpha value is -3.50. The summed E-state index contributed by atoms with van der Waals surface area (Å²) in [5.41, 5.74) is 1.74. The number of carbonyl (C=O) groups is 2. The van der Waals surface area contributed by atoms with E-state index in [1.165, 1.54) is 0 Å². The van der Waals surface area contributed by atoms with E-state index in [1.54, 1.807) is 42.3 Å². The number of hydrogen-bond acceptors (Lipinski definition) is 6. The Morgan fingerprint density at radius 1 is 1.10 bits per heavy atom. The topological polar surface area (TPSA) is 108 Å². The Kier molecular flexibility index (Phi) is 7.58. The normalized spacial score (nSPS) is 23.9. The summed E-state index contributed by atoms with van der Waals surface area (Å²) in [6.45, 7) is 5.92. The number of carbonyl (C=O) groups excluding carboxylic acids is 2. The van der Waals surface area contributed by atoms with Crippen molar-refractivity contribution in [2.45, 2.75) is 50.2 Å². The average Bonchev–Trinajstić information content (AvgIpc) is 3.36. The van der Waals surface area contributed by atoms with Gasteiger partial charge in [-0.3, -0.25) is 9.59 Å². The minimum absolute atomic E-state index is 0.110. The number of methoxy groups -OCH3 is 1. The fourth-order valence-corrected chi connectivity index (χ4v) is 9.02. The van der Waals surface area contributed by atoms with Crippen LogP contribution in [0, 0.1) is 5.92 Å². The van der Waals surface area contributed by atoms with Crippen LogP contribution < -0.4 is 15.0 Å². The number of hydrogen-bond donors (Lipinski definition) is 3. The smallest absolute Gasteiger partial charge is 0.264 e. The molecule has 5 rings (SSSR count). The summed E-state index contributed by atoms with van der Waals surface area (Å²) in [5, 5.41) is 12.8. The lowest BCUT2D eigenvalue weighted by Crippen LogP contribution is -2.46. The van der Waals surface area contributed by atoms with Gasteiger partial charge >= 0.3 is 0 Å². The summed E-state index contributed by atoms with van der Waals surface area (Å²) in [6, 6.07) is 22.0. The molecule has 2 aliphatic heterocycles. The van der Waals surface area contributed by atoms with E-state index in [4.69, 9.17) is 9.47 Å². The number of aliphatic hydroxyl groups excluding tert-OH is 1. The van der Waals surface area contributed by atoms with Crippen LogP contribution in [0.15, 0.2) is 72.8 Å². The highest BCUT2D eigenvalue weighted by Crippen LogP contribution is 2.60. The molecular weight excluding hydrogens is 524 g/mol. The molecule has 1 fully saturated rings. The van der Waals surface area contributed by atoms with Crippen LogP contribution in [-0.4, -0.2) is 49.9 Å². The lowest BCUT2D eigenvalue weighted by atomic mass is 9.82. The molecule has 3 aromatic rings. The standard InChI is InChI=1S/C31H36N2O6Si/c1-20-28(40(3,4)37)27(16-17-34)39-31(20)25-18-23(32-29(35)22-10-13-24(38-2)14-11-22)12-15-26(25)33(30(31)36)19-21-8-6-5-7-9-21/h5-15,18,20,27-28,34,37H,16-17,19H2,1-4H3,(H,32,35)/t20-,27+,28-,31+/m0/s1. The highest BCUT2D eigenvalue weighted by molar-refractivity contribution is 6.71. The number of nitrogens with zero attached hydrogens (tertiary/aromatic N) is 1. The van der Waals surface area contributed by atoms with Crippen molar-refractivity contribution in [2.75, 3.05) is 23.9 Å². The van der Waals surface area contributed by atoms with Crippen molar-refractivity contribution < 1.29 is 29.0 Å². The second kappa shape index (κ2) is 10.8. The van der Waals surface area contributed by atoms with Crippen LogP contribution in [0.5, 0.6) is 5.75 Å². The predicted octanol–water partition coefficient (Wildman–Crippen LogP) is 4.67. The minimum atomic E-state index is -2.81. The first-order chi connectivity index (χ1) is 19.1. The molecule has 9 heteroatoms. The third kappa shape index (κ3) is 4.83. The fourth-order valence-electron chi connectivity index (χ4n) is 6.42. The summed E-state index contributed by atoms with van der Waals surface area (Å²) in [6.07, 6.45) is -0.152. The molecule has 0 aromatic heterocycles. The number of aliphatic hydroxyl groups is 1. The molecule has 40 heavy (non-hydrogen) atoms. The second-order valence-electron chi connectivity index (χ2n) is 11.2. The van der Waals surface area contributed by atoms with Crippen LogP contribution in [0.2, 0.25) is 18.6 Å². The molecule has 3 N–H and O–H groups in total. The Bertz CT molecular complexity index is 1390. The summed E-state index contributed by atoms with van der Waals surface area (Å²) in [7, 11) is -1.24. The van der Waals surface area contributed by atoms with Crippen molar-refractivity contribution in [3.05, 3.63) is 89.5 Å². The van der Waals surface area contributed by atoms with Crippen molar-refractivity contribution in [1.82, 2.24) is 0 Å². The van der Waals surface area contributed by atoms with Crippen LogP contribution in [-0.2, 0) is 21.7 Å². The van der Waals surface area contributed by atoms with E-state index in [9.17, 15) is 19.5 Å². The molecule has 0 aliphatic carbocycles. The molecule has 2 aliphatic rings. The van der Waals surface area contributed by atoms with E-state index in [2.05, 4.69) is 5.32 Å². The quantitative estimate of drug-likeness (QED) is 0.346. The molecule has 0 bridgehead atoms. The summed E-state index contributed by atoms with van der Waals surface area (Å²) in [4.78, 5) is 40.5. The molecule has 210 valence electrons. The predicted molar refractivity (Wildman–Crippen MR) is 156 cm³/mol. The van der Waals surface area contributed by atoms with Gasteiger partial charge in [0.2, 0.25) is 0 Å². The van der Waals surface area contributed by atoms with Crippen LogP contribution in [0.25, 0.3) is 0 Å². The van der Waals surface area contributed by atoms with Crippen molar-refractivity contribution in [1.29, 1.82) is 0 Å². The maximum atomic E-state index is 14.4. The van der Waals surface area contributed by atoms with Crippen molar-refractivity contribution in [2.24, 2.45) is 5.92 Å². The number of anilines is 2. The lowest BCUT2D eigenvalue weighted by Gasteiger charge is -2.32. The fraction of sp³-hybridized carbons (Fsp3) is 0.355. The third-order valence-electron chi connectivity index (χ3n) is 8.19. The van der Waals surface area contributed by atoms with Gasteiger partial charge in [0.1, 0.15) is 5.75 Å². The Morgan fingerprint density at radius 3 is 2.42 bits per heavy atom. The summed E-state index contributed by atoms with van der Waals surface area (Å²) < 4.78 is 11.9. The molecule has 2 amide bonds. The summed E-state index contributed by atoms with van der Waals surface area (Å²) >= 11 is 0. The highest BCUT2D eigenvalue weighted by Gasteiger charge is 2.66. The van der Waals surface area contributed by atoms with Gasteiger partial charge in [0.25, 0.3) is 11.8 Å². The first-order valence-electron chi connectivity index (χ1n) is 13.6. The molecular formula is C31H36N2O6Si. The number of ether oxygens (including phenoxy) is 2. The Balaban J connectivity index is 1.57. The second-order valence-corrected chi connectivity index (χ2v) is 15.1. The number of fused-ring (bicyclic) bond motifs is 2. The van der Waals surface area contributed by atoms with E-state index in [-0.39, 0.29) is 29.9 Å². The number of benzene rings is 3. The number of rotatable bonds is 8. The molecule has 8 nitrogen and oxygen atoms in total. The first-order valence-corrected chi connectivity index (χ1v) is 16.6. The van der Waals surface area contributed by atoms with Gasteiger partial charge in [-0.1, -0.05) is 37.3 Å². The Labute approximate surface area is 235 Å². The van der Waals surface area contributed by atoms with E-state index in [0.29, 0.717) is 41.2 Å². The third-order valence-corrected chi connectivity index (χ3v) is 10.7. The molecule has 3 aromatic carbocycles. The zero-order valence-corrected chi connectivity index (χ0v) is 24.3. The molecule has 0 unspecified atom stereocenters. The summed E-state index contributed by atoms with van der Waals surface area (Å²) in [5.74, 6) is -0.179. The largest absolute Gasteiger partial charge is 0.497 e. The van der Waals surface area contributed by atoms with E-state index in [0.717, 1.165) is 5.56 Å². The molecule has 1 saturated heterocycles. The highest BCUT2D eigenvalue weighted by atomic mass is 28.4. The van der Waals surface area contributed by atoms with Crippen molar-refractivity contribution >= 4 is 31.5 Å². The van der Waals surface area contributed by atoms with Crippen LogP contribution >= 0.6 is 0 Å². The molecule has 0 radical (unpaired) electrons. The molecule has 4 atom stereocenters. The van der Waals surface area contributed by atoms with Gasteiger partial charge in [-0.25, -0.2) is 0 Å². The zero-order valence-electron chi connectivity index (χ0n) is 23.3. The van der Waals surface area contributed by atoms with Crippen molar-refractivity contribution in [3.63, 3.8) is 0 Å². The lowest BCUT2D eigenvalue weighted by molar-refractivity contribution is -0.146. The SMILES string of the molecule is COc1ccc(C(=O)Nc2ccc3c(c2)[C@@]2(O[C@H](CCO)[C@@H]([Si](C)(C)O)[C@@H]2C)C(=O)N3Cc2ccccc2)cc1.